The molecule has 0 radical (unpaired) electrons. The van der Waals surface area contributed by atoms with Crippen molar-refractivity contribution < 1.29 is 4.74 Å². The number of unbranched alkanes of at least 4 members (excludes halogenated alkanes) is 1. The number of fused-ring (bicyclic) bond motifs is 3. The minimum atomic E-state index is 0.0785. The van der Waals surface area contributed by atoms with Crippen LogP contribution < -0.4 is 0 Å². The summed E-state index contributed by atoms with van der Waals surface area (Å²) in [5, 5.41) is 0. The van der Waals surface area contributed by atoms with Gasteiger partial charge in [0.25, 0.3) is 0 Å². The van der Waals surface area contributed by atoms with Crippen molar-refractivity contribution in [1.29, 1.82) is 0 Å². The van der Waals surface area contributed by atoms with Gasteiger partial charge in [0.05, 0.1) is 6.10 Å². The molecule has 2 nitrogen and oxygen atoms in total. The molecular formula is C22H27NO. The summed E-state index contributed by atoms with van der Waals surface area (Å²) in [4.78, 5) is 2.60. The van der Waals surface area contributed by atoms with E-state index in [4.69, 9.17) is 4.74 Å². The summed E-state index contributed by atoms with van der Waals surface area (Å²) in [5.41, 5.74) is 4.15. The molecule has 0 spiro atoms. The first-order chi connectivity index (χ1) is 11.9. The van der Waals surface area contributed by atoms with Gasteiger partial charge < -0.3 is 9.64 Å². The third-order valence-corrected chi connectivity index (χ3v) is 5.56. The van der Waals surface area contributed by atoms with Crippen LogP contribution in [-0.4, -0.2) is 30.6 Å². The van der Waals surface area contributed by atoms with Gasteiger partial charge in [0.15, 0.2) is 0 Å². The quantitative estimate of drug-likeness (QED) is 0.804. The van der Waals surface area contributed by atoms with Gasteiger partial charge in [0.2, 0.25) is 0 Å². The molecule has 1 saturated heterocycles. The summed E-state index contributed by atoms with van der Waals surface area (Å²) in [6.45, 7) is 5.75. The van der Waals surface area contributed by atoms with Crippen molar-refractivity contribution in [3.63, 3.8) is 0 Å². The van der Waals surface area contributed by atoms with E-state index in [1.54, 1.807) is 0 Å². The van der Waals surface area contributed by atoms with Crippen molar-refractivity contribution in [2.24, 2.45) is 0 Å². The minimum absolute atomic E-state index is 0.0785. The summed E-state index contributed by atoms with van der Waals surface area (Å²) in [6.07, 6.45) is 4.16. The van der Waals surface area contributed by atoms with Gasteiger partial charge in [0, 0.05) is 12.5 Å². The molecule has 0 N–H and O–H groups in total. The fraction of sp³-hybridized carbons (Fsp3) is 0.455. The van der Waals surface area contributed by atoms with Crippen LogP contribution in [0.3, 0.4) is 0 Å². The van der Waals surface area contributed by atoms with E-state index in [-0.39, 0.29) is 6.10 Å². The SMILES string of the molecule is CCCCN1CC[C@H]2c3ccccc3C(c3ccccc3)O[C@H]2C1. The molecule has 2 heteroatoms. The summed E-state index contributed by atoms with van der Waals surface area (Å²) in [5.74, 6) is 0.555. The maximum absolute atomic E-state index is 6.67. The topological polar surface area (TPSA) is 12.5 Å². The van der Waals surface area contributed by atoms with Crippen LogP contribution in [-0.2, 0) is 4.74 Å². The number of hydrogen-bond acceptors (Lipinski definition) is 2. The Morgan fingerprint density at radius 1 is 1.00 bits per heavy atom. The number of likely N-dealkylation sites (tertiary alicyclic amines) is 1. The zero-order valence-corrected chi connectivity index (χ0v) is 14.5. The molecule has 126 valence electrons. The third-order valence-electron chi connectivity index (χ3n) is 5.56. The van der Waals surface area contributed by atoms with Crippen molar-refractivity contribution in [3.8, 4) is 0 Å². The zero-order valence-electron chi connectivity index (χ0n) is 14.5. The molecule has 0 saturated carbocycles. The van der Waals surface area contributed by atoms with Crippen LogP contribution in [0.25, 0.3) is 0 Å². The average molecular weight is 321 g/mol. The van der Waals surface area contributed by atoms with E-state index in [9.17, 15) is 0 Å². The van der Waals surface area contributed by atoms with E-state index >= 15 is 0 Å². The molecule has 0 aromatic heterocycles. The molecule has 2 aliphatic heterocycles. The van der Waals surface area contributed by atoms with Crippen LogP contribution in [0.2, 0.25) is 0 Å². The standard InChI is InChI=1S/C22H27NO/c1-2-3-14-23-15-13-19-18-11-7-8-12-20(18)22(24-21(19)16-23)17-9-5-4-6-10-17/h4-12,19,21-22H,2-3,13-16H2,1H3/t19-,21-,22?/m0/s1. The van der Waals surface area contributed by atoms with Crippen molar-refractivity contribution in [2.75, 3.05) is 19.6 Å². The molecule has 4 rings (SSSR count). The lowest BCUT2D eigenvalue weighted by molar-refractivity contribution is -0.0590. The summed E-state index contributed by atoms with van der Waals surface area (Å²) in [7, 11) is 0. The summed E-state index contributed by atoms with van der Waals surface area (Å²) in [6, 6.07) is 19.6. The number of benzene rings is 2. The first-order valence-electron chi connectivity index (χ1n) is 9.38. The van der Waals surface area contributed by atoms with Gasteiger partial charge in [-0.25, -0.2) is 0 Å². The monoisotopic (exact) mass is 321 g/mol. The van der Waals surface area contributed by atoms with Gasteiger partial charge in [-0.1, -0.05) is 67.9 Å². The molecule has 2 heterocycles. The molecule has 3 atom stereocenters. The van der Waals surface area contributed by atoms with Crippen LogP contribution in [0, 0.1) is 0 Å². The first kappa shape index (κ1) is 15.9. The highest BCUT2D eigenvalue weighted by Gasteiger charge is 2.39. The fourth-order valence-electron chi connectivity index (χ4n) is 4.28. The lowest BCUT2D eigenvalue weighted by atomic mass is 9.79. The Kier molecular flexibility index (Phi) is 4.68. The maximum atomic E-state index is 6.67. The smallest absolute Gasteiger partial charge is 0.108 e. The minimum Gasteiger partial charge on any atom is -0.364 e. The fourth-order valence-corrected chi connectivity index (χ4v) is 4.28. The lowest BCUT2D eigenvalue weighted by Gasteiger charge is -2.45. The van der Waals surface area contributed by atoms with E-state index in [1.165, 1.54) is 49.0 Å². The van der Waals surface area contributed by atoms with Crippen molar-refractivity contribution >= 4 is 0 Å². The summed E-state index contributed by atoms with van der Waals surface area (Å²) >= 11 is 0. The number of piperidine rings is 1. The van der Waals surface area contributed by atoms with Crippen molar-refractivity contribution in [1.82, 2.24) is 4.90 Å². The molecule has 2 aromatic carbocycles. The predicted octanol–water partition coefficient (Wildman–Crippen LogP) is 4.76. The number of ether oxygens (including phenoxy) is 1. The highest BCUT2D eigenvalue weighted by atomic mass is 16.5. The highest BCUT2D eigenvalue weighted by molar-refractivity contribution is 5.41. The Balaban J connectivity index is 1.64. The highest BCUT2D eigenvalue weighted by Crippen LogP contribution is 2.44. The van der Waals surface area contributed by atoms with Gasteiger partial charge in [0.1, 0.15) is 6.10 Å². The number of hydrogen-bond donors (Lipinski definition) is 0. The Labute approximate surface area is 145 Å². The predicted molar refractivity (Wildman–Crippen MR) is 98.3 cm³/mol. The van der Waals surface area contributed by atoms with E-state index in [2.05, 4.69) is 66.4 Å². The molecule has 24 heavy (non-hydrogen) atoms. The largest absolute Gasteiger partial charge is 0.364 e. The molecule has 2 aliphatic rings. The van der Waals surface area contributed by atoms with Crippen molar-refractivity contribution in [2.45, 2.75) is 44.3 Å². The molecule has 1 unspecified atom stereocenters. The van der Waals surface area contributed by atoms with E-state index < -0.39 is 0 Å². The van der Waals surface area contributed by atoms with Crippen LogP contribution >= 0.6 is 0 Å². The van der Waals surface area contributed by atoms with E-state index in [1.807, 2.05) is 0 Å². The Morgan fingerprint density at radius 3 is 2.54 bits per heavy atom. The molecule has 2 aromatic rings. The summed E-state index contributed by atoms with van der Waals surface area (Å²) < 4.78 is 6.67. The normalized spacial score (nSPS) is 26.6. The van der Waals surface area contributed by atoms with Gasteiger partial charge >= 0.3 is 0 Å². The Morgan fingerprint density at radius 2 is 1.75 bits per heavy atom. The van der Waals surface area contributed by atoms with Crippen LogP contribution in [0.1, 0.15) is 54.9 Å². The van der Waals surface area contributed by atoms with Gasteiger partial charge in [-0.15, -0.1) is 0 Å². The zero-order chi connectivity index (χ0) is 16.4. The third kappa shape index (κ3) is 3.01. The van der Waals surface area contributed by atoms with Gasteiger partial charge in [-0.3, -0.25) is 0 Å². The number of nitrogens with zero attached hydrogens (tertiary/aromatic N) is 1. The van der Waals surface area contributed by atoms with E-state index in [0.29, 0.717) is 12.0 Å². The van der Waals surface area contributed by atoms with Gasteiger partial charge in [-0.2, -0.15) is 0 Å². The molecule has 0 aliphatic carbocycles. The Bertz CT molecular complexity index is 669. The molecule has 0 amide bonds. The first-order valence-corrected chi connectivity index (χ1v) is 9.38. The number of rotatable bonds is 4. The maximum Gasteiger partial charge on any atom is 0.108 e. The molecule has 1 fully saturated rings. The van der Waals surface area contributed by atoms with Crippen LogP contribution in [0.15, 0.2) is 54.6 Å². The molecule has 0 bridgehead atoms. The van der Waals surface area contributed by atoms with Crippen LogP contribution in [0.5, 0.6) is 0 Å². The average Bonchev–Trinajstić information content (AvgIpc) is 2.66. The second kappa shape index (κ2) is 7.08. The van der Waals surface area contributed by atoms with Gasteiger partial charge in [-0.05, 0) is 42.6 Å². The molecular weight excluding hydrogens is 294 g/mol. The van der Waals surface area contributed by atoms with Crippen molar-refractivity contribution in [3.05, 3.63) is 71.3 Å². The van der Waals surface area contributed by atoms with E-state index in [0.717, 1.165) is 6.54 Å². The second-order valence-corrected chi connectivity index (χ2v) is 7.14. The van der Waals surface area contributed by atoms with Crippen LogP contribution in [0.4, 0.5) is 0 Å². The second-order valence-electron chi connectivity index (χ2n) is 7.14. The lowest BCUT2D eigenvalue weighted by Crippen LogP contribution is -2.47. The Hall–Kier alpha value is -1.64.